The van der Waals surface area contributed by atoms with Gasteiger partial charge in [0.1, 0.15) is 5.75 Å². The lowest BCUT2D eigenvalue weighted by molar-refractivity contribution is -0.0498. The largest absolute Gasteiger partial charge is 0.435 e. The van der Waals surface area contributed by atoms with Crippen LogP contribution in [0.4, 0.5) is 25.0 Å². The van der Waals surface area contributed by atoms with Gasteiger partial charge in [-0.2, -0.15) is 8.78 Å². The normalized spacial score (nSPS) is 10.3. The van der Waals surface area contributed by atoms with Gasteiger partial charge in [0.25, 0.3) is 0 Å². The van der Waals surface area contributed by atoms with E-state index >= 15 is 0 Å². The highest BCUT2D eigenvalue weighted by atomic mass is 19.3. The van der Waals surface area contributed by atoms with E-state index in [-0.39, 0.29) is 5.75 Å². The molecular weight excluding hydrogens is 278 g/mol. The van der Waals surface area contributed by atoms with Crippen LogP contribution in [0, 0.1) is 6.92 Å². The Morgan fingerprint density at radius 1 is 1.05 bits per heavy atom. The number of carbonyl (C=O) groups is 1. The lowest BCUT2D eigenvalue weighted by atomic mass is 10.2. The first-order valence-electron chi connectivity index (χ1n) is 6.23. The maximum absolute atomic E-state index is 12.0. The first-order valence-corrected chi connectivity index (χ1v) is 6.23. The van der Waals surface area contributed by atoms with Gasteiger partial charge in [-0.3, -0.25) is 0 Å². The molecule has 0 aliphatic carbocycles. The standard InChI is InChI=1S/C15H14F2N2O2/c1-10-4-2-3-5-13(10)19-15(20)18-11-6-8-12(9-7-11)21-14(16)17/h2-9,14H,1H3,(H2,18,19,20). The second-order valence-corrected chi connectivity index (χ2v) is 4.30. The van der Waals surface area contributed by atoms with Crippen molar-refractivity contribution in [2.75, 3.05) is 10.6 Å². The molecule has 0 heterocycles. The van der Waals surface area contributed by atoms with Gasteiger partial charge < -0.3 is 15.4 Å². The molecule has 0 bridgehead atoms. The van der Waals surface area contributed by atoms with Crippen LogP contribution < -0.4 is 15.4 Å². The summed E-state index contributed by atoms with van der Waals surface area (Å²) in [6.07, 6.45) is 0. The Bertz CT molecular complexity index is 615. The smallest absolute Gasteiger partial charge is 0.387 e. The van der Waals surface area contributed by atoms with Crippen molar-refractivity contribution >= 4 is 17.4 Å². The summed E-state index contributed by atoms with van der Waals surface area (Å²) < 4.78 is 28.2. The van der Waals surface area contributed by atoms with Crippen LogP contribution in [0.15, 0.2) is 48.5 Å². The minimum atomic E-state index is -2.87. The molecule has 0 radical (unpaired) electrons. The van der Waals surface area contributed by atoms with E-state index in [1.165, 1.54) is 24.3 Å². The van der Waals surface area contributed by atoms with Crippen molar-refractivity contribution in [2.24, 2.45) is 0 Å². The first kappa shape index (κ1) is 14.8. The zero-order valence-electron chi connectivity index (χ0n) is 11.3. The molecule has 2 amide bonds. The fourth-order valence-electron chi connectivity index (χ4n) is 1.72. The Balaban J connectivity index is 1.95. The van der Waals surface area contributed by atoms with Crippen molar-refractivity contribution in [3.63, 3.8) is 0 Å². The molecule has 2 N–H and O–H groups in total. The fourth-order valence-corrected chi connectivity index (χ4v) is 1.72. The van der Waals surface area contributed by atoms with E-state index in [0.717, 1.165) is 5.56 Å². The second kappa shape index (κ2) is 6.69. The fraction of sp³-hybridized carbons (Fsp3) is 0.133. The average molecular weight is 292 g/mol. The van der Waals surface area contributed by atoms with Gasteiger partial charge in [0, 0.05) is 11.4 Å². The van der Waals surface area contributed by atoms with Crippen molar-refractivity contribution < 1.29 is 18.3 Å². The SMILES string of the molecule is Cc1ccccc1NC(=O)Nc1ccc(OC(F)F)cc1. The van der Waals surface area contributed by atoms with E-state index in [0.29, 0.717) is 11.4 Å². The van der Waals surface area contributed by atoms with Gasteiger partial charge in [-0.05, 0) is 42.8 Å². The van der Waals surface area contributed by atoms with Gasteiger partial charge in [-0.1, -0.05) is 18.2 Å². The topological polar surface area (TPSA) is 50.4 Å². The predicted octanol–water partition coefficient (Wildman–Crippen LogP) is 4.24. The molecule has 4 nitrogen and oxygen atoms in total. The number of rotatable bonds is 4. The molecule has 110 valence electrons. The summed E-state index contributed by atoms with van der Waals surface area (Å²) in [6, 6.07) is 12.6. The summed E-state index contributed by atoms with van der Waals surface area (Å²) in [5, 5.41) is 5.31. The molecule has 0 saturated carbocycles. The number of amides is 2. The molecule has 0 aliphatic heterocycles. The molecule has 0 saturated heterocycles. The maximum atomic E-state index is 12.0. The molecule has 2 aromatic rings. The predicted molar refractivity (Wildman–Crippen MR) is 76.9 cm³/mol. The average Bonchev–Trinajstić information content (AvgIpc) is 2.43. The third-order valence-corrected chi connectivity index (χ3v) is 2.73. The lowest BCUT2D eigenvalue weighted by Gasteiger charge is -2.10. The minimum absolute atomic E-state index is 0.0369. The minimum Gasteiger partial charge on any atom is -0.435 e. The van der Waals surface area contributed by atoms with Crippen LogP contribution >= 0.6 is 0 Å². The molecule has 0 spiro atoms. The summed E-state index contributed by atoms with van der Waals surface area (Å²) in [7, 11) is 0. The molecule has 0 aliphatic rings. The van der Waals surface area contributed by atoms with Gasteiger partial charge in [-0.15, -0.1) is 0 Å². The lowest BCUT2D eigenvalue weighted by Crippen LogP contribution is -2.19. The number of halogens is 2. The van der Waals surface area contributed by atoms with E-state index in [4.69, 9.17) is 0 Å². The van der Waals surface area contributed by atoms with E-state index in [1.54, 1.807) is 6.07 Å². The molecule has 6 heteroatoms. The number of carbonyl (C=O) groups excluding carboxylic acids is 1. The highest BCUT2D eigenvalue weighted by Crippen LogP contribution is 2.18. The van der Waals surface area contributed by atoms with E-state index in [2.05, 4.69) is 15.4 Å². The van der Waals surface area contributed by atoms with Crippen LogP contribution in [0.25, 0.3) is 0 Å². The van der Waals surface area contributed by atoms with Gasteiger partial charge in [0.2, 0.25) is 0 Å². The van der Waals surface area contributed by atoms with E-state index in [1.807, 2.05) is 25.1 Å². The van der Waals surface area contributed by atoms with Crippen LogP contribution in [0.3, 0.4) is 0 Å². The number of benzene rings is 2. The van der Waals surface area contributed by atoms with Crippen molar-refractivity contribution in [2.45, 2.75) is 13.5 Å². The summed E-state index contributed by atoms with van der Waals surface area (Å²) in [6.45, 7) is -0.986. The van der Waals surface area contributed by atoms with Crippen LogP contribution in [0.2, 0.25) is 0 Å². The Kier molecular flexibility index (Phi) is 4.71. The highest BCUT2D eigenvalue weighted by Gasteiger charge is 2.06. The third-order valence-electron chi connectivity index (χ3n) is 2.73. The van der Waals surface area contributed by atoms with Crippen molar-refractivity contribution in [1.29, 1.82) is 0 Å². The molecule has 2 aromatic carbocycles. The number of ether oxygens (including phenoxy) is 1. The molecule has 0 atom stereocenters. The quantitative estimate of drug-likeness (QED) is 0.885. The Morgan fingerprint density at radius 3 is 2.33 bits per heavy atom. The number of alkyl halides is 2. The van der Waals surface area contributed by atoms with E-state index in [9.17, 15) is 13.6 Å². The van der Waals surface area contributed by atoms with Crippen molar-refractivity contribution in [3.8, 4) is 5.75 Å². The molecular formula is C15H14F2N2O2. The van der Waals surface area contributed by atoms with Gasteiger partial charge in [0.15, 0.2) is 0 Å². The molecule has 0 aromatic heterocycles. The van der Waals surface area contributed by atoms with Crippen LogP contribution in [0.1, 0.15) is 5.56 Å². The summed E-state index contributed by atoms with van der Waals surface area (Å²) in [4.78, 5) is 11.8. The number of para-hydroxylation sites is 1. The number of hydrogen-bond acceptors (Lipinski definition) is 2. The molecule has 21 heavy (non-hydrogen) atoms. The van der Waals surface area contributed by atoms with E-state index < -0.39 is 12.6 Å². The third kappa shape index (κ3) is 4.45. The zero-order chi connectivity index (χ0) is 15.2. The molecule has 0 fully saturated rings. The number of anilines is 2. The molecule has 0 unspecified atom stereocenters. The Morgan fingerprint density at radius 2 is 1.71 bits per heavy atom. The Labute approximate surface area is 120 Å². The van der Waals surface area contributed by atoms with Gasteiger partial charge in [0.05, 0.1) is 0 Å². The van der Waals surface area contributed by atoms with Crippen LogP contribution in [0.5, 0.6) is 5.75 Å². The highest BCUT2D eigenvalue weighted by molar-refractivity contribution is 6.00. The molecule has 2 rings (SSSR count). The summed E-state index contributed by atoms with van der Waals surface area (Å²) in [5.74, 6) is 0.0369. The number of aryl methyl sites for hydroxylation is 1. The van der Waals surface area contributed by atoms with Crippen LogP contribution in [-0.2, 0) is 0 Å². The van der Waals surface area contributed by atoms with Gasteiger partial charge in [-0.25, -0.2) is 4.79 Å². The van der Waals surface area contributed by atoms with Crippen molar-refractivity contribution in [1.82, 2.24) is 0 Å². The second-order valence-electron chi connectivity index (χ2n) is 4.30. The summed E-state index contributed by atoms with van der Waals surface area (Å²) in [5.41, 5.74) is 2.11. The Hall–Kier alpha value is -2.63. The van der Waals surface area contributed by atoms with Gasteiger partial charge >= 0.3 is 12.6 Å². The zero-order valence-corrected chi connectivity index (χ0v) is 11.3. The van der Waals surface area contributed by atoms with Crippen molar-refractivity contribution in [3.05, 3.63) is 54.1 Å². The summed E-state index contributed by atoms with van der Waals surface area (Å²) >= 11 is 0. The number of nitrogens with one attached hydrogen (secondary N) is 2. The number of urea groups is 1. The monoisotopic (exact) mass is 292 g/mol. The van der Waals surface area contributed by atoms with Crippen LogP contribution in [-0.4, -0.2) is 12.6 Å². The first-order chi connectivity index (χ1) is 10.0. The number of hydrogen-bond donors (Lipinski definition) is 2. The maximum Gasteiger partial charge on any atom is 0.387 e.